The number of hydrogen-bond acceptors (Lipinski definition) is 3. The zero-order chi connectivity index (χ0) is 16.5. The summed E-state index contributed by atoms with van der Waals surface area (Å²) < 4.78 is 34.7. The van der Waals surface area contributed by atoms with Gasteiger partial charge in [-0.3, -0.25) is 0 Å². The van der Waals surface area contributed by atoms with E-state index in [1.165, 1.54) is 16.8 Å². The normalized spacial score (nSPS) is 16.8. The van der Waals surface area contributed by atoms with Gasteiger partial charge in [0.15, 0.2) is 5.82 Å². The zero-order valence-corrected chi connectivity index (χ0v) is 14.2. The summed E-state index contributed by atoms with van der Waals surface area (Å²) in [5, 5.41) is 8.53. The van der Waals surface area contributed by atoms with E-state index >= 15 is 0 Å². The molecule has 0 amide bonds. The van der Waals surface area contributed by atoms with Gasteiger partial charge in [-0.25, -0.2) is 13.5 Å². The molecule has 1 atom stereocenters. The predicted molar refractivity (Wildman–Crippen MR) is 94.7 cm³/mol. The van der Waals surface area contributed by atoms with Gasteiger partial charge in [0.05, 0.1) is 17.5 Å². The Morgan fingerprint density at radius 2 is 2.04 bits per heavy atom. The second-order valence-electron chi connectivity index (χ2n) is 6.00. The van der Waals surface area contributed by atoms with Crippen LogP contribution in [0.4, 0.5) is 8.78 Å². The summed E-state index contributed by atoms with van der Waals surface area (Å²) in [5.41, 5.74) is 0.924. The fourth-order valence-corrected chi connectivity index (χ4v) is 3.03. The van der Waals surface area contributed by atoms with Crippen LogP contribution < -0.4 is 10.1 Å². The van der Waals surface area contributed by atoms with Gasteiger partial charge in [-0.05, 0) is 37.2 Å². The number of fused-ring (bicyclic) bond motifs is 1. The molecule has 7 heteroatoms. The number of halogens is 3. The Morgan fingerprint density at radius 3 is 2.80 bits per heavy atom. The fraction of sp³-hybridized carbons (Fsp3) is 0.278. The monoisotopic (exact) mass is 365 g/mol. The molecule has 4 nitrogen and oxygen atoms in total. The van der Waals surface area contributed by atoms with Crippen LogP contribution in [0.1, 0.15) is 6.42 Å². The van der Waals surface area contributed by atoms with E-state index < -0.39 is 11.6 Å². The number of para-hydroxylation sites is 1. The van der Waals surface area contributed by atoms with Gasteiger partial charge in [0.1, 0.15) is 11.5 Å². The third kappa shape index (κ3) is 3.45. The van der Waals surface area contributed by atoms with Crippen LogP contribution in [0.2, 0.25) is 0 Å². The summed E-state index contributed by atoms with van der Waals surface area (Å²) in [7, 11) is 0. The van der Waals surface area contributed by atoms with Crippen LogP contribution in [-0.4, -0.2) is 29.5 Å². The molecule has 4 rings (SSSR count). The molecule has 0 radical (unpaired) electrons. The Bertz CT molecular complexity index is 878. The molecule has 3 aromatic rings. The number of hydrogen-bond donors (Lipinski definition) is 1. The highest BCUT2D eigenvalue weighted by Crippen LogP contribution is 2.29. The number of benzene rings is 2. The third-order valence-corrected chi connectivity index (χ3v) is 4.31. The molecule has 1 fully saturated rings. The van der Waals surface area contributed by atoms with Crippen molar-refractivity contribution in [3.8, 4) is 11.6 Å². The molecular weight excluding hydrogens is 348 g/mol. The zero-order valence-electron chi connectivity index (χ0n) is 13.4. The summed E-state index contributed by atoms with van der Waals surface area (Å²) in [5.74, 6) is -0.342. The largest absolute Gasteiger partial charge is 0.476 e. The Labute approximate surface area is 150 Å². The third-order valence-electron chi connectivity index (χ3n) is 4.31. The quantitative estimate of drug-likeness (QED) is 0.766. The van der Waals surface area contributed by atoms with Gasteiger partial charge in [-0.1, -0.05) is 12.1 Å². The maximum absolute atomic E-state index is 14.2. The number of ether oxygens (including phenoxy) is 1. The Hall–Kier alpha value is -2.18. The lowest BCUT2D eigenvalue weighted by molar-refractivity contribution is 0.252. The van der Waals surface area contributed by atoms with E-state index in [4.69, 9.17) is 4.74 Å². The Kier molecular flexibility index (Phi) is 5.20. The average molecular weight is 366 g/mol. The van der Waals surface area contributed by atoms with Gasteiger partial charge in [0, 0.05) is 18.5 Å². The van der Waals surface area contributed by atoms with Gasteiger partial charge in [-0.2, -0.15) is 0 Å². The minimum Gasteiger partial charge on any atom is -0.476 e. The molecule has 132 valence electrons. The molecule has 1 saturated heterocycles. The minimum atomic E-state index is -0.658. The van der Waals surface area contributed by atoms with Crippen LogP contribution in [0, 0.1) is 17.6 Å². The van der Waals surface area contributed by atoms with Crippen LogP contribution in [-0.2, 0) is 0 Å². The van der Waals surface area contributed by atoms with Crippen molar-refractivity contribution >= 4 is 23.3 Å². The molecule has 1 unspecified atom stereocenters. The highest BCUT2D eigenvalue weighted by Gasteiger charge is 2.19. The number of aromatic nitrogens is 2. The predicted octanol–water partition coefficient (Wildman–Crippen LogP) is 3.71. The van der Waals surface area contributed by atoms with Gasteiger partial charge >= 0.3 is 0 Å². The smallest absolute Gasteiger partial charge is 0.241 e. The lowest BCUT2D eigenvalue weighted by Crippen LogP contribution is -2.15. The van der Waals surface area contributed by atoms with Gasteiger partial charge in [0.25, 0.3) is 0 Å². The maximum atomic E-state index is 14.2. The van der Waals surface area contributed by atoms with Crippen LogP contribution in [0.3, 0.4) is 0 Å². The summed E-state index contributed by atoms with van der Waals surface area (Å²) in [6.45, 7) is 2.51. The van der Waals surface area contributed by atoms with Crippen LogP contribution in [0.25, 0.3) is 16.6 Å². The van der Waals surface area contributed by atoms with Crippen molar-refractivity contribution in [2.24, 2.45) is 5.92 Å². The second kappa shape index (κ2) is 7.37. The van der Waals surface area contributed by atoms with Gasteiger partial charge in [0.2, 0.25) is 5.88 Å². The number of rotatable bonds is 4. The van der Waals surface area contributed by atoms with Crippen LogP contribution in [0.5, 0.6) is 5.88 Å². The van der Waals surface area contributed by atoms with Crippen LogP contribution in [0.15, 0.2) is 42.5 Å². The first-order chi connectivity index (χ1) is 11.7. The van der Waals surface area contributed by atoms with Gasteiger partial charge < -0.3 is 10.1 Å². The second-order valence-corrected chi connectivity index (χ2v) is 6.00. The standard InChI is InChI=1S/C18H17F2N3O.ClH/c19-13-5-6-17(15(20)9-13)23-16-4-2-1-3-14(16)18(22-23)24-11-12-7-8-21-10-12;/h1-6,9,12,21H,7-8,10-11H2;1H. The van der Waals surface area contributed by atoms with Crippen molar-refractivity contribution in [2.45, 2.75) is 6.42 Å². The van der Waals surface area contributed by atoms with E-state index in [9.17, 15) is 8.78 Å². The molecule has 1 aromatic heterocycles. The highest BCUT2D eigenvalue weighted by atomic mass is 35.5. The maximum Gasteiger partial charge on any atom is 0.241 e. The SMILES string of the molecule is Cl.Fc1ccc(-n2nc(OCC3CCNC3)c3ccccc32)c(F)c1. The van der Waals surface area contributed by atoms with E-state index in [2.05, 4.69) is 10.4 Å². The van der Waals surface area contributed by atoms with Crippen molar-refractivity contribution in [3.63, 3.8) is 0 Å². The molecular formula is C18H18ClF2N3O. The van der Waals surface area contributed by atoms with Crippen molar-refractivity contribution in [1.82, 2.24) is 15.1 Å². The molecule has 2 heterocycles. The van der Waals surface area contributed by atoms with E-state index in [0.717, 1.165) is 36.5 Å². The molecule has 1 N–H and O–H groups in total. The number of nitrogens with zero attached hydrogens (tertiary/aromatic N) is 2. The molecule has 25 heavy (non-hydrogen) atoms. The molecule has 1 aliphatic rings. The fourth-order valence-electron chi connectivity index (χ4n) is 3.03. The molecule has 2 aromatic carbocycles. The number of nitrogens with one attached hydrogen (secondary N) is 1. The Balaban J connectivity index is 0.00000182. The van der Waals surface area contributed by atoms with E-state index in [-0.39, 0.29) is 18.1 Å². The van der Waals surface area contributed by atoms with Crippen molar-refractivity contribution in [3.05, 3.63) is 54.1 Å². The first-order valence-electron chi connectivity index (χ1n) is 7.99. The van der Waals surface area contributed by atoms with Crippen molar-refractivity contribution < 1.29 is 13.5 Å². The van der Waals surface area contributed by atoms with E-state index in [1.807, 2.05) is 24.3 Å². The first-order valence-corrected chi connectivity index (χ1v) is 7.99. The van der Waals surface area contributed by atoms with E-state index in [1.54, 1.807) is 0 Å². The highest BCUT2D eigenvalue weighted by molar-refractivity contribution is 5.86. The molecule has 0 saturated carbocycles. The summed E-state index contributed by atoms with van der Waals surface area (Å²) in [4.78, 5) is 0. The summed E-state index contributed by atoms with van der Waals surface area (Å²) >= 11 is 0. The molecule has 0 spiro atoms. The van der Waals surface area contributed by atoms with Crippen molar-refractivity contribution in [2.75, 3.05) is 19.7 Å². The lowest BCUT2D eigenvalue weighted by Gasteiger charge is -2.08. The Morgan fingerprint density at radius 1 is 1.20 bits per heavy atom. The summed E-state index contributed by atoms with van der Waals surface area (Å²) in [6.07, 6.45) is 1.07. The topological polar surface area (TPSA) is 39.1 Å². The summed E-state index contributed by atoms with van der Waals surface area (Å²) in [6, 6.07) is 10.9. The van der Waals surface area contributed by atoms with Crippen molar-refractivity contribution in [1.29, 1.82) is 0 Å². The van der Waals surface area contributed by atoms with Crippen LogP contribution >= 0.6 is 12.4 Å². The lowest BCUT2D eigenvalue weighted by atomic mass is 10.1. The first kappa shape index (κ1) is 17.6. The average Bonchev–Trinajstić information content (AvgIpc) is 3.21. The molecule has 0 aliphatic carbocycles. The molecule has 0 bridgehead atoms. The van der Waals surface area contributed by atoms with Gasteiger partial charge in [-0.15, -0.1) is 17.5 Å². The van der Waals surface area contributed by atoms with E-state index in [0.29, 0.717) is 18.4 Å². The molecule has 1 aliphatic heterocycles. The minimum absolute atomic E-state index is 0.